The van der Waals surface area contributed by atoms with Crippen molar-refractivity contribution in [3.8, 4) is 6.07 Å². The van der Waals surface area contributed by atoms with Crippen molar-refractivity contribution >= 4 is 16.5 Å². The molecular weight excluding hydrogens is 230 g/mol. The number of hydrogen-bond donors (Lipinski definition) is 1. The van der Waals surface area contributed by atoms with Crippen molar-refractivity contribution in [1.82, 2.24) is 4.98 Å². The van der Waals surface area contributed by atoms with E-state index in [9.17, 15) is 0 Å². The van der Waals surface area contributed by atoms with Crippen LogP contribution in [0, 0.1) is 18.3 Å². The van der Waals surface area contributed by atoms with Gasteiger partial charge in [-0.1, -0.05) is 41.2 Å². The van der Waals surface area contributed by atoms with E-state index in [1.807, 2.05) is 0 Å². The van der Waals surface area contributed by atoms with Crippen LogP contribution < -0.4 is 5.32 Å². The zero-order valence-corrected chi connectivity index (χ0v) is 10.4. The molecule has 0 saturated carbocycles. The number of aryl methyl sites for hydroxylation is 1. The van der Waals surface area contributed by atoms with E-state index in [0.717, 1.165) is 18.1 Å². The lowest BCUT2D eigenvalue weighted by molar-refractivity contribution is 1.01. The summed E-state index contributed by atoms with van der Waals surface area (Å²) >= 11 is 1.39. The summed E-state index contributed by atoms with van der Waals surface area (Å²) in [6.07, 6.45) is 2.56. The highest BCUT2D eigenvalue weighted by Gasteiger charge is 2.00. The van der Waals surface area contributed by atoms with Gasteiger partial charge in [0.25, 0.3) is 0 Å². The summed E-state index contributed by atoms with van der Waals surface area (Å²) in [6, 6.07) is 10.6. The van der Waals surface area contributed by atoms with Crippen LogP contribution in [0.4, 0.5) is 5.13 Å². The highest BCUT2D eigenvalue weighted by Crippen LogP contribution is 2.16. The summed E-state index contributed by atoms with van der Waals surface area (Å²) in [5.74, 6) is 0. The maximum absolute atomic E-state index is 8.67. The molecule has 2 aromatic rings. The lowest BCUT2D eigenvalue weighted by Crippen LogP contribution is -2.04. The Balaban J connectivity index is 1.83. The highest BCUT2D eigenvalue weighted by molar-refractivity contribution is 7.16. The van der Waals surface area contributed by atoms with Gasteiger partial charge >= 0.3 is 0 Å². The van der Waals surface area contributed by atoms with Gasteiger partial charge in [-0.05, 0) is 18.9 Å². The van der Waals surface area contributed by atoms with E-state index in [2.05, 4.69) is 47.6 Å². The number of hydrogen-bond acceptors (Lipinski definition) is 4. The Labute approximate surface area is 105 Å². The molecule has 2 rings (SSSR count). The minimum Gasteiger partial charge on any atom is -0.361 e. The average Bonchev–Trinajstić information content (AvgIpc) is 2.80. The summed E-state index contributed by atoms with van der Waals surface area (Å²) in [4.78, 5) is 4.76. The van der Waals surface area contributed by atoms with Crippen LogP contribution in [0.2, 0.25) is 0 Å². The molecule has 86 valence electrons. The smallest absolute Gasteiger partial charge is 0.183 e. The molecule has 0 aliphatic heterocycles. The van der Waals surface area contributed by atoms with Crippen LogP contribution >= 0.6 is 11.3 Å². The monoisotopic (exact) mass is 243 g/mol. The second-order valence-electron chi connectivity index (χ2n) is 3.80. The molecule has 0 amide bonds. The van der Waals surface area contributed by atoms with Crippen LogP contribution in [0.5, 0.6) is 0 Å². The topological polar surface area (TPSA) is 48.7 Å². The lowest BCUT2D eigenvalue weighted by Gasteiger charge is -2.03. The standard InChI is InChI=1S/C13H13N3S/c1-10-2-4-11(5-3-10)6-7-15-13-16-9-12(8-14)17-13/h2-5,9H,6-7H2,1H3,(H,15,16). The normalized spacial score (nSPS) is 9.88. The second kappa shape index (κ2) is 5.46. The van der Waals surface area contributed by atoms with Gasteiger partial charge in [-0.2, -0.15) is 5.26 Å². The molecule has 4 heteroatoms. The van der Waals surface area contributed by atoms with E-state index >= 15 is 0 Å². The third-order valence-electron chi connectivity index (χ3n) is 2.43. The molecule has 1 aromatic heterocycles. The third-order valence-corrected chi connectivity index (χ3v) is 3.29. The number of nitrogens with one attached hydrogen (secondary N) is 1. The molecule has 0 spiro atoms. The van der Waals surface area contributed by atoms with Crippen LogP contribution in [0.25, 0.3) is 0 Å². The number of anilines is 1. The van der Waals surface area contributed by atoms with Crippen LogP contribution in [0.15, 0.2) is 30.5 Å². The van der Waals surface area contributed by atoms with Crippen LogP contribution in [0.1, 0.15) is 16.0 Å². The number of benzene rings is 1. The lowest BCUT2D eigenvalue weighted by atomic mass is 10.1. The van der Waals surface area contributed by atoms with Gasteiger partial charge in [0.2, 0.25) is 0 Å². The molecule has 0 unspecified atom stereocenters. The maximum Gasteiger partial charge on any atom is 0.183 e. The van der Waals surface area contributed by atoms with E-state index in [0.29, 0.717) is 4.88 Å². The fourth-order valence-electron chi connectivity index (χ4n) is 1.48. The summed E-state index contributed by atoms with van der Waals surface area (Å²) in [7, 11) is 0. The van der Waals surface area contributed by atoms with Crippen molar-refractivity contribution < 1.29 is 0 Å². The van der Waals surface area contributed by atoms with Crippen molar-refractivity contribution in [3.05, 3.63) is 46.5 Å². The minimum absolute atomic E-state index is 0.642. The summed E-state index contributed by atoms with van der Waals surface area (Å²) in [5, 5.41) is 12.7. The number of rotatable bonds is 4. The van der Waals surface area contributed by atoms with E-state index < -0.39 is 0 Å². The summed E-state index contributed by atoms with van der Waals surface area (Å²) in [6.45, 7) is 2.92. The molecule has 0 aliphatic carbocycles. The average molecular weight is 243 g/mol. The molecule has 3 nitrogen and oxygen atoms in total. The predicted octanol–water partition coefficient (Wildman–Crippen LogP) is 2.98. The zero-order valence-electron chi connectivity index (χ0n) is 9.60. The highest BCUT2D eigenvalue weighted by atomic mass is 32.1. The minimum atomic E-state index is 0.642. The Morgan fingerprint density at radius 3 is 2.76 bits per heavy atom. The Bertz CT molecular complexity index is 522. The van der Waals surface area contributed by atoms with E-state index in [1.54, 1.807) is 6.20 Å². The van der Waals surface area contributed by atoms with Crippen LogP contribution in [-0.2, 0) is 6.42 Å². The van der Waals surface area contributed by atoms with E-state index in [-0.39, 0.29) is 0 Å². The first-order chi connectivity index (χ1) is 8.28. The fraction of sp³-hybridized carbons (Fsp3) is 0.231. The largest absolute Gasteiger partial charge is 0.361 e. The Morgan fingerprint density at radius 2 is 2.12 bits per heavy atom. The molecule has 1 N–H and O–H groups in total. The van der Waals surface area contributed by atoms with E-state index in [4.69, 9.17) is 5.26 Å². The van der Waals surface area contributed by atoms with E-state index in [1.165, 1.54) is 22.5 Å². The molecule has 0 bridgehead atoms. The fourth-order valence-corrected chi connectivity index (χ4v) is 2.12. The molecule has 1 heterocycles. The van der Waals surface area contributed by atoms with Gasteiger partial charge in [-0.15, -0.1) is 0 Å². The Kier molecular flexibility index (Phi) is 3.73. The van der Waals surface area contributed by atoms with Gasteiger partial charge in [0.05, 0.1) is 6.20 Å². The molecule has 17 heavy (non-hydrogen) atoms. The van der Waals surface area contributed by atoms with Crippen molar-refractivity contribution in [2.45, 2.75) is 13.3 Å². The van der Waals surface area contributed by atoms with Crippen molar-refractivity contribution in [1.29, 1.82) is 5.26 Å². The van der Waals surface area contributed by atoms with Gasteiger partial charge in [-0.25, -0.2) is 4.98 Å². The van der Waals surface area contributed by atoms with Gasteiger partial charge in [0, 0.05) is 6.54 Å². The van der Waals surface area contributed by atoms with Crippen LogP contribution in [-0.4, -0.2) is 11.5 Å². The number of thiazole rings is 1. The van der Waals surface area contributed by atoms with Crippen LogP contribution in [0.3, 0.4) is 0 Å². The first-order valence-electron chi connectivity index (χ1n) is 5.43. The van der Waals surface area contributed by atoms with Crippen molar-refractivity contribution in [2.75, 3.05) is 11.9 Å². The molecule has 0 saturated heterocycles. The first-order valence-corrected chi connectivity index (χ1v) is 6.25. The predicted molar refractivity (Wildman–Crippen MR) is 70.2 cm³/mol. The Hall–Kier alpha value is -1.86. The van der Waals surface area contributed by atoms with Gasteiger partial charge in [0.1, 0.15) is 10.9 Å². The first kappa shape index (κ1) is 11.6. The molecular formula is C13H13N3S. The maximum atomic E-state index is 8.67. The van der Waals surface area contributed by atoms with Gasteiger partial charge in [0.15, 0.2) is 5.13 Å². The quantitative estimate of drug-likeness (QED) is 0.898. The molecule has 0 fully saturated rings. The van der Waals surface area contributed by atoms with Gasteiger partial charge in [-0.3, -0.25) is 0 Å². The zero-order chi connectivity index (χ0) is 12.1. The number of aromatic nitrogens is 1. The molecule has 0 atom stereocenters. The molecule has 0 aliphatic rings. The van der Waals surface area contributed by atoms with Gasteiger partial charge < -0.3 is 5.32 Å². The summed E-state index contributed by atoms with van der Waals surface area (Å²) < 4.78 is 0. The number of nitrogens with zero attached hydrogens (tertiary/aromatic N) is 2. The SMILES string of the molecule is Cc1ccc(CCNc2ncc(C#N)s2)cc1. The van der Waals surface area contributed by atoms with Crippen molar-refractivity contribution in [3.63, 3.8) is 0 Å². The second-order valence-corrected chi connectivity index (χ2v) is 4.83. The summed E-state index contributed by atoms with van der Waals surface area (Å²) in [5.41, 5.74) is 2.58. The Morgan fingerprint density at radius 1 is 1.35 bits per heavy atom. The third kappa shape index (κ3) is 3.30. The van der Waals surface area contributed by atoms with Crippen molar-refractivity contribution in [2.24, 2.45) is 0 Å². The number of nitriles is 1. The molecule has 1 aromatic carbocycles. The molecule has 0 radical (unpaired) electrons.